The molecule has 0 unspecified atom stereocenters. The van der Waals surface area contributed by atoms with Crippen molar-refractivity contribution < 1.29 is 32.9 Å². The normalized spacial score (nSPS) is 17.7. The SMILES string of the molecule is CCCCCCOc1ccc(C(=O)Oc2ccc(OCC3CCC(OC(=O)[C@@H](F)CCCC)CC3)cc2)cc1. The van der Waals surface area contributed by atoms with E-state index in [1.807, 2.05) is 6.92 Å². The molecule has 0 amide bonds. The predicted molar refractivity (Wildman–Crippen MR) is 149 cm³/mol. The first-order valence-electron chi connectivity index (χ1n) is 14.5. The van der Waals surface area contributed by atoms with Crippen LogP contribution in [0.4, 0.5) is 4.39 Å². The molecule has 1 aliphatic rings. The van der Waals surface area contributed by atoms with Gasteiger partial charge in [0, 0.05) is 0 Å². The number of rotatable bonds is 16. The highest BCUT2D eigenvalue weighted by Gasteiger charge is 2.27. The van der Waals surface area contributed by atoms with Crippen LogP contribution < -0.4 is 14.2 Å². The average molecular weight is 543 g/mol. The fourth-order valence-corrected chi connectivity index (χ4v) is 4.55. The quantitative estimate of drug-likeness (QED) is 0.122. The Morgan fingerprint density at radius 2 is 1.41 bits per heavy atom. The van der Waals surface area contributed by atoms with Crippen LogP contribution in [0.1, 0.15) is 94.8 Å². The molecule has 0 spiro atoms. The number of unbranched alkanes of at least 4 members (excludes halogenated alkanes) is 4. The maximum atomic E-state index is 13.9. The molecule has 0 bridgehead atoms. The van der Waals surface area contributed by atoms with Crippen molar-refractivity contribution >= 4 is 11.9 Å². The maximum Gasteiger partial charge on any atom is 0.343 e. The number of carbonyl (C=O) groups excluding carboxylic acids is 2. The third kappa shape index (κ3) is 10.9. The largest absolute Gasteiger partial charge is 0.494 e. The zero-order valence-electron chi connectivity index (χ0n) is 23.4. The van der Waals surface area contributed by atoms with Crippen molar-refractivity contribution in [3.8, 4) is 17.2 Å². The van der Waals surface area contributed by atoms with E-state index in [2.05, 4.69) is 6.92 Å². The van der Waals surface area contributed by atoms with E-state index in [0.29, 0.717) is 42.6 Å². The highest BCUT2D eigenvalue weighted by atomic mass is 19.1. The van der Waals surface area contributed by atoms with E-state index in [9.17, 15) is 14.0 Å². The number of carbonyl (C=O) groups is 2. The summed E-state index contributed by atoms with van der Waals surface area (Å²) >= 11 is 0. The molecule has 0 aromatic heterocycles. The van der Waals surface area contributed by atoms with E-state index >= 15 is 0 Å². The van der Waals surface area contributed by atoms with Crippen LogP contribution in [0.25, 0.3) is 0 Å². The number of benzene rings is 2. The Morgan fingerprint density at radius 1 is 0.795 bits per heavy atom. The van der Waals surface area contributed by atoms with Gasteiger partial charge in [-0.15, -0.1) is 0 Å². The zero-order chi connectivity index (χ0) is 27.9. The van der Waals surface area contributed by atoms with E-state index in [1.54, 1.807) is 48.5 Å². The van der Waals surface area contributed by atoms with Gasteiger partial charge in [0.1, 0.15) is 23.4 Å². The van der Waals surface area contributed by atoms with Gasteiger partial charge < -0.3 is 18.9 Å². The number of halogens is 1. The summed E-state index contributed by atoms with van der Waals surface area (Å²) in [7, 11) is 0. The molecule has 1 fully saturated rings. The standard InChI is InChI=1S/C32H43FO6/c1-3-5-7-8-22-36-26-16-12-25(13-17-26)31(34)38-29-20-18-27(19-21-29)37-23-24-10-14-28(15-11-24)39-32(35)30(33)9-6-4-2/h12-13,16-21,24,28,30H,3-11,14-15,22-23H2,1-2H3/t24?,28?,30-/m0/s1. The van der Waals surface area contributed by atoms with Crippen LogP contribution in [-0.2, 0) is 9.53 Å². The number of ether oxygens (including phenoxy) is 4. The maximum absolute atomic E-state index is 13.9. The summed E-state index contributed by atoms with van der Waals surface area (Å²) in [5, 5.41) is 0. The summed E-state index contributed by atoms with van der Waals surface area (Å²) < 4.78 is 36.4. The van der Waals surface area contributed by atoms with Crippen LogP contribution in [0.2, 0.25) is 0 Å². The van der Waals surface area contributed by atoms with E-state index in [1.165, 1.54) is 12.8 Å². The minimum Gasteiger partial charge on any atom is -0.494 e. The second kappa shape index (κ2) is 16.8. The predicted octanol–water partition coefficient (Wildman–Crippen LogP) is 7.87. The van der Waals surface area contributed by atoms with Crippen molar-refractivity contribution in [2.24, 2.45) is 5.92 Å². The minimum atomic E-state index is -1.52. The van der Waals surface area contributed by atoms with Gasteiger partial charge >= 0.3 is 11.9 Å². The lowest BCUT2D eigenvalue weighted by Gasteiger charge is -2.28. The monoisotopic (exact) mass is 542 g/mol. The molecule has 6 nitrogen and oxygen atoms in total. The molecule has 0 saturated heterocycles. The highest BCUT2D eigenvalue weighted by Crippen LogP contribution is 2.28. The zero-order valence-corrected chi connectivity index (χ0v) is 23.4. The molecule has 2 aromatic rings. The van der Waals surface area contributed by atoms with E-state index in [4.69, 9.17) is 18.9 Å². The lowest BCUT2D eigenvalue weighted by molar-refractivity contribution is -0.157. The van der Waals surface area contributed by atoms with Crippen molar-refractivity contribution in [2.75, 3.05) is 13.2 Å². The molecule has 214 valence electrons. The van der Waals surface area contributed by atoms with Gasteiger partial charge in [-0.05, 0) is 93.0 Å². The van der Waals surface area contributed by atoms with Crippen LogP contribution >= 0.6 is 0 Å². The molecule has 0 N–H and O–H groups in total. The Balaban J connectivity index is 1.34. The number of alkyl halides is 1. The Hall–Kier alpha value is -3.09. The highest BCUT2D eigenvalue weighted by molar-refractivity contribution is 5.91. The molecular formula is C32H43FO6. The molecule has 1 aliphatic carbocycles. The lowest BCUT2D eigenvalue weighted by Crippen LogP contribution is -2.30. The van der Waals surface area contributed by atoms with Crippen molar-refractivity contribution in [3.63, 3.8) is 0 Å². The first-order chi connectivity index (χ1) is 19.0. The summed E-state index contributed by atoms with van der Waals surface area (Å²) in [4.78, 5) is 24.4. The summed E-state index contributed by atoms with van der Waals surface area (Å²) in [6.45, 7) is 5.38. The number of hydrogen-bond donors (Lipinski definition) is 0. The molecule has 3 rings (SSSR count). The van der Waals surface area contributed by atoms with Gasteiger partial charge in [-0.25, -0.2) is 14.0 Å². The topological polar surface area (TPSA) is 71.1 Å². The lowest BCUT2D eigenvalue weighted by atomic mass is 9.88. The van der Waals surface area contributed by atoms with E-state index in [0.717, 1.165) is 50.7 Å². The first kappa shape index (κ1) is 30.5. The average Bonchev–Trinajstić information content (AvgIpc) is 2.96. The first-order valence-corrected chi connectivity index (χ1v) is 14.5. The van der Waals surface area contributed by atoms with Crippen molar-refractivity contribution in [1.29, 1.82) is 0 Å². The fourth-order valence-electron chi connectivity index (χ4n) is 4.55. The number of hydrogen-bond acceptors (Lipinski definition) is 6. The summed E-state index contributed by atoms with van der Waals surface area (Å²) in [6, 6.07) is 14.0. The van der Waals surface area contributed by atoms with Gasteiger partial charge in [0.15, 0.2) is 6.17 Å². The van der Waals surface area contributed by atoms with Crippen molar-refractivity contribution in [2.45, 2.75) is 96.8 Å². The van der Waals surface area contributed by atoms with Gasteiger partial charge in [-0.2, -0.15) is 0 Å². The summed E-state index contributed by atoms with van der Waals surface area (Å²) in [5.74, 6) is 1.08. The van der Waals surface area contributed by atoms with E-state index in [-0.39, 0.29) is 12.5 Å². The molecule has 0 heterocycles. The summed E-state index contributed by atoms with van der Waals surface area (Å²) in [6.07, 6.45) is 7.82. The Kier molecular flexibility index (Phi) is 13.1. The van der Waals surface area contributed by atoms with Crippen LogP contribution in [0.3, 0.4) is 0 Å². The Labute approximate surface area is 232 Å². The van der Waals surface area contributed by atoms with Crippen molar-refractivity contribution in [3.05, 3.63) is 54.1 Å². The van der Waals surface area contributed by atoms with Crippen LogP contribution in [0.5, 0.6) is 17.2 Å². The third-order valence-corrected chi connectivity index (χ3v) is 7.02. The Bertz CT molecular complexity index is 983. The molecule has 7 heteroatoms. The van der Waals surface area contributed by atoms with Gasteiger partial charge in [0.25, 0.3) is 0 Å². The molecular weight excluding hydrogens is 499 g/mol. The molecule has 2 aromatic carbocycles. The van der Waals surface area contributed by atoms with Gasteiger partial charge in [-0.1, -0.05) is 46.0 Å². The summed E-state index contributed by atoms with van der Waals surface area (Å²) in [5.41, 5.74) is 0.456. The fraction of sp³-hybridized carbons (Fsp3) is 0.562. The van der Waals surface area contributed by atoms with Crippen LogP contribution in [0.15, 0.2) is 48.5 Å². The Morgan fingerprint density at radius 3 is 2.08 bits per heavy atom. The van der Waals surface area contributed by atoms with Crippen LogP contribution in [-0.4, -0.2) is 37.4 Å². The smallest absolute Gasteiger partial charge is 0.343 e. The molecule has 0 aliphatic heterocycles. The van der Waals surface area contributed by atoms with Gasteiger partial charge in [-0.3, -0.25) is 0 Å². The van der Waals surface area contributed by atoms with Gasteiger partial charge in [0.2, 0.25) is 0 Å². The number of esters is 2. The molecule has 1 saturated carbocycles. The van der Waals surface area contributed by atoms with Crippen LogP contribution in [0, 0.1) is 5.92 Å². The van der Waals surface area contributed by atoms with Crippen molar-refractivity contribution in [1.82, 2.24) is 0 Å². The third-order valence-electron chi connectivity index (χ3n) is 7.02. The molecule has 0 radical (unpaired) electrons. The van der Waals surface area contributed by atoms with E-state index < -0.39 is 18.1 Å². The molecule has 1 atom stereocenters. The van der Waals surface area contributed by atoms with Gasteiger partial charge in [0.05, 0.1) is 18.8 Å². The second-order valence-corrected chi connectivity index (χ2v) is 10.3. The minimum absolute atomic E-state index is 0.207. The molecule has 39 heavy (non-hydrogen) atoms. The second-order valence-electron chi connectivity index (χ2n) is 10.3.